The smallest absolute Gasteiger partial charge is 0.194 e. The fourth-order valence-corrected chi connectivity index (χ4v) is 4.51. The van der Waals surface area contributed by atoms with Crippen LogP contribution in [0.1, 0.15) is 40.8 Å². The summed E-state index contributed by atoms with van der Waals surface area (Å²) in [5.41, 5.74) is 4.24. The molecule has 4 heteroatoms. The van der Waals surface area contributed by atoms with Gasteiger partial charge in [-0.25, -0.2) is 4.98 Å². The number of rotatable bonds is 0. The second kappa shape index (κ2) is 3.12. The number of fused-ring (bicyclic) bond motifs is 6. The van der Waals surface area contributed by atoms with E-state index in [2.05, 4.69) is 30.2 Å². The number of hydrogen-bond donors (Lipinski definition) is 0. The van der Waals surface area contributed by atoms with Crippen molar-refractivity contribution in [1.82, 2.24) is 14.3 Å². The Labute approximate surface area is 105 Å². The monoisotopic (exact) mass is 247 g/mol. The number of likely N-dealkylation sites (N-methyl/N-ethyl adjacent to an activating group) is 1. The Morgan fingerprint density at radius 1 is 1.29 bits per heavy atom. The van der Waals surface area contributed by atoms with Gasteiger partial charge in [-0.15, -0.1) is 11.3 Å². The second-order valence-corrected chi connectivity index (χ2v) is 6.60. The predicted molar refractivity (Wildman–Crippen MR) is 69.8 cm³/mol. The molecule has 4 heterocycles. The van der Waals surface area contributed by atoms with Crippen molar-refractivity contribution in [1.29, 1.82) is 0 Å². The maximum atomic E-state index is 4.86. The summed E-state index contributed by atoms with van der Waals surface area (Å²) >= 11 is 1.83. The van der Waals surface area contributed by atoms with Crippen molar-refractivity contribution in [3.05, 3.63) is 22.0 Å². The lowest BCUT2D eigenvalue weighted by Crippen LogP contribution is -2.34. The Bertz CT molecular complexity index is 610. The first-order valence-electron chi connectivity index (χ1n) is 6.36. The maximum absolute atomic E-state index is 4.86. The first-order valence-corrected chi connectivity index (χ1v) is 7.17. The molecule has 2 aliphatic rings. The van der Waals surface area contributed by atoms with Crippen molar-refractivity contribution in [2.45, 2.75) is 45.2 Å². The summed E-state index contributed by atoms with van der Waals surface area (Å²) < 4.78 is 2.41. The molecule has 0 aromatic carbocycles. The fourth-order valence-electron chi connectivity index (χ4n) is 3.52. The van der Waals surface area contributed by atoms with Gasteiger partial charge in [0.1, 0.15) is 0 Å². The van der Waals surface area contributed by atoms with E-state index in [0.29, 0.717) is 6.04 Å². The lowest BCUT2D eigenvalue weighted by Gasteiger charge is -2.30. The summed E-state index contributed by atoms with van der Waals surface area (Å²) in [6.07, 6.45) is 3.78. The molecule has 17 heavy (non-hydrogen) atoms. The van der Waals surface area contributed by atoms with Crippen LogP contribution in [0.5, 0.6) is 0 Å². The van der Waals surface area contributed by atoms with Gasteiger partial charge in [-0.1, -0.05) is 0 Å². The van der Waals surface area contributed by atoms with Crippen LogP contribution < -0.4 is 0 Å². The molecule has 2 aromatic rings. The van der Waals surface area contributed by atoms with Crippen molar-refractivity contribution >= 4 is 16.3 Å². The Morgan fingerprint density at radius 3 is 2.94 bits per heavy atom. The van der Waals surface area contributed by atoms with Crippen LogP contribution in [0.25, 0.3) is 4.96 Å². The molecule has 0 radical (unpaired) electrons. The van der Waals surface area contributed by atoms with Crippen LogP contribution in [-0.4, -0.2) is 27.4 Å². The summed E-state index contributed by atoms with van der Waals surface area (Å²) in [5, 5.41) is 0. The van der Waals surface area contributed by atoms with Crippen molar-refractivity contribution in [3.63, 3.8) is 0 Å². The number of aryl methyl sites for hydroxylation is 2. The number of aromatic nitrogens is 2. The SMILES string of the molecule is Cc1sc2nc3c(n2c1C)C1CCC(C3)N1C. The lowest BCUT2D eigenvalue weighted by molar-refractivity contribution is 0.218. The summed E-state index contributed by atoms with van der Waals surface area (Å²) in [6, 6.07) is 1.34. The van der Waals surface area contributed by atoms with Gasteiger partial charge in [0.05, 0.1) is 17.4 Å². The highest BCUT2D eigenvalue weighted by Crippen LogP contribution is 2.43. The van der Waals surface area contributed by atoms with Gasteiger partial charge in [0.2, 0.25) is 0 Å². The van der Waals surface area contributed by atoms with Crippen molar-refractivity contribution in [2.24, 2.45) is 0 Å². The standard InChI is InChI=1S/C13H17N3S/c1-7-8(2)17-13-14-10-6-9-4-5-11(15(9)3)12(10)16(7)13/h9,11H,4-6H2,1-3H3. The summed E-state index contributed by atoms with van der Waals surface area (Å²) in [4.78, 5) is 10.0. The van der Waals surface area contributed by atoms with Gasteiger partial charge in [-0.3, -0.25) is 9.30 Å². The van der Waals surface area contributed by atoms with Gasteiger partial charge in [-0.2, -0.15) is 0 Å². The van der Waals surface area contributed by atoms with Crippen molar-refractivity contribution in [2.75, 3.05) is 7.05 Å². The van der Waals surface area contributed by atoms with Crippen LogP contribution in [0.15, 0.2) is 0 Å². The van der Waals surface area contributed by atoms with E-state index in [9.17, 15) is 0 Å². The number of imidazole rings is 1. The Kier molecular flexibility index (Phi) is 1.85. The molecule has 1 fully saturated rings. The number of thiazole rings is 1. The molecule has 0 saturated carbocycles. The zero-order valence-electron chi connectivity index (χ0n) is 10.5. The van der Waals surface area contributed by atoms with E-state index in [1.807, 2.05) is 11.3 Å². The predicted octanol–water partition coefficient (Wildman–Crippen LogP) is 2.70. The zero-order chi connectivity index (χ0) is 11.7. The highest BCUT2D eigenvalue weighted by Gasteiger charge is 2.40. The average molecular weight is 247 g/mol. The third-order valence-corrected chi connectivity index (χ3v) is 5.69. The molecule has 2 atom stereocenters. The van der Waals surface area contributed by atoms with Crippen LogP contribution in [0.3, 0.4) is 0 Å². The zero-order valence-corrected chi connectivity index (χ0v) is 11.3. The lowest BCUT2D eigenvalue weighted by atomic mass is 10.0. The molecule has 3 nitrogen and oxygen atoms in total. The quantitative estimate of drug-likeness (QED) is 0.713. The second-order valence-electron chi connectivity index (χ2n) is 5.42. The molecule has 90 valence electrons. The molecule has 1 saturated heterocycles. The van der Waals surface area contributed by atoms with Gasteiger partial charge in [-0.05, 0) is 33.7 Å². The van der Waals surface area contributed by atoms with Crippen molar-refractivity contribution < 1.29 is 0 Å². The summed E-state index contributed by atoms with van der Waals surface area (Å²) in [7, 11) is 2.28. The highest BCUT2D eigenvalue weighted by molar-refractivity contribution is 7.17. The van der Waals surface area contributed by atoms with E-state index in [-0.39, 0.29) is 0 Å². The molecular formula is C13H17N3S. The minimum Gasteiger partial charge on any atom is -0.294 e. The summed E-state index contributed by atoms with van der Waals surface area (Å²) in [6.45, 7) is 4.42. The van der Waals surface area contributed by atoms with Crippen LogP contribution in [0.4, 0.5) is 0 Å². The minimum absolute atomic E-state index is 0.603. The Balaban J connectivity index is 2.04. The van der Waals surface area contributed by atoms with Crippen molar-refractivity contribution in [3.8, 4) is 0 Å². The van der Waals surface area contributed by atoms with E-state index in [1.165, 1.54) is 39.8 Å². The van der Waals surface area contributed by atoms with E-state index >= 15 is 0 Å². The van der Waals surface area contributed by atoms with Gasteiger partial charge in [0.15, 0.2) is 4.96 Å². The molecule has 2 bridgehead atoms. The van der Waals surface area contributed by atoms with E-state index in [4.69, 9.17) is 4.98 Å². The number of nitrogens with zero attached hydrogens (tertiary/aromatic N) is 3. The molecule has 2 aromatic heterocycles. The molecule has 4 rings (SSSR count). The normalized spacial score (nSPS) is 27.9. The molecule has 0 spiro atoms. The minimum atomic E-state index is 0.603. The molecular weight excluding hydrogens is 230 g/mol. The third kappa shape index (κ3) is 1.13. The van der Waals surface area contributed by atoms with E-state index < -0.39 is 0 Å². The maximum Gasteiger partial charge on any atom is 0.194 e. The topological polar surface area (TPSA) is 20.5 Å². The van der Waals surface area contributed by atoms with E-state index in [1.54, 1.807) is 0 Å². The largest absolute Gasteiger partial charge is 0.294 e. The Hall–Kier alpha value is -0.870. The molecule has 0 N–H and O–H groups in total. The molecule has 0 amide bonds. The molecule has 0 aliphatic carbocycles. The molecule has 2 unspecified atom stereocenters. The van der Waals surface area contributed by atoms with Crippen LogP contribution in [0, 0.1) is 13.8 Å². The third-order valence-electron chi connectivity index (χ3n) is 4.63. The number of hydrogen-bond acceptors (Lipinski definition) is 3. The first-order chi connectivity index (χ1) is 8.16. The van der Waals surface area contributed by atoms with Crippen LogP contribution in [0.2, 0.25) is 0 Å². The van der Waals surface area contributed by atoms with Gasteiger partial charge >= 0.3 is 0 Å². The Morgan fingerprint density at radius 2 is 2.12 bits per heavy atom. The molecule has 2 aliphatic heterocycles. The fraction of sp³-hybridized carbons (Fsp3) is 0.615. The summed E-state index contributed by atoms with van der Waals surface area (Å²) in [5.74, 6) is 0. The van der Waals surface area contributed by atoms with Gasteiger partial charge < -0.3 is 0 Å². The van der Waals surface area contributed by atoms with Gasteiger partial charge in [0.25, 0.3) is 0 Å². The first kappa shape index (κ1) is 10.1. The highest BCUT2D eigenvalue weighted by atomic mass is 32.1. The van der Waals surface area contributed by atoms with Crippen LogP contribution >= 0.6 is 11.3 Å². The average Bonchev–Trinajstić information content (AvgIpc) is 2.84. The van der Waals surface area contributed by atoms with Crippen LogP contribution in [-0.2, 0) is 6.42 Å². The van der Waals surface area contributed by atoms with E-state index in [0.717, 1.165) is 12.5 Å². The van der Waals surface area contributed by atoms with Gasteiger partial charge in [0, 0.05) is 23.0 Å².